The molecule has 0 spiro atoms. The Morgan fingerprint density at radius 2 is 1.81 bits per heavy atom. The summed E-state index contributed by atoms with van der Waals surface area (Å²) in [7, 11) is 3.08. The van der Waals surface area contributed by atoms with Gasteiger partial charge in [0.25, 0.3) is 0 Å². The summed E-state index contributed by atoms with van der Waals surface area (Å²) in [6.07, 6.45) is 0.894. The van der Waals surface area contributed by atoms with Crippen molar-refractivity contribution in [1.82, 2.24) is 0 Å². The average molecular weight is 374 g/mol. The molecule has 0 aromatic heterocycles. The van der Waals surface area contributed by atoms with Crippen molar-refractivity contribution in [3.8, 4) is 23.0 Å². The van der Waals surface area contributed by atoms with Crippen molar-refractivity contribution in [1.29, 1.82) is 0 Å². The number of aryl methyl sites for hydroxylation is 1. The van der Waals surface area contributed by atoms with Gasteiger partial charge in [0.1, 0.15) is 6.10 Å². The number of phenols is 1. The zero-order valence-corrected chi connectivity index (χ0v) is 15.9. The molecule has 0 amide bonds. The smallest absolute Gasteiger partial charge is 0.166 e. The van der Waals surface area contributed by atoms with E-state index >= 15 is 0 Å². The molecule has 0 radical (unpaired) electrons. The van der Waals surface area contributed by atoms with Crippen LogP contribution in [-0.4, -0.2) is 42.8 Å². The number of hydrogen-bond donors (Lipinski definition) is 3. The molecule has 2 aromatic rings. The van der Waals surface area contributed by atoms with E-state index in [2.05, 4.69) is 0 Å². The van der Waals surface area contributed by atoms with Crippen molar-refractivity contribution < 1.29 is 29.5 Å². The Balaban J connectivity index is 2.09. The van der Waals surface area contributed by atoms with Crippen molar-refractivity contribution in [2.75, 3.05) is 27.4 Å². The van der Waals surface area contributed by atoms with E-state index in [1.165, 1.54) is 7.11 Å². The minimum Gasteiger partial charge on any atom is -0.504 e. The summed E-state index contributed by atoms with van der Waals surface area (Å²) < 4.78 is 17.0. The van der Waals surface area contributed by atoms with Crippen LogP contribution in [0.5, 0.6) is 23.0 Å². The number of rotatable bonds is 7. The summed E-state index contributed by atoms with van der Waals surface area (Å²) >= 11 is 0. The number of aliphatic hydroxyl groups is 2. The Kier molecular flexibility index (Phi) is 5.48. The second kappa shape index (κ2) is 7.66. The summed E-state index contributed by atoms with van der Waals surface area (Å²) in [5.41, 5.74) is 1.98. The number of aromatic hydroxyl groups is 1. The van der Waals surface area contributed by atoms with Crippen LogP contribution in [0.15, 0.2) is 30.3 Å². The molecule has 6 nitrogen and oxygen atoms in total. The van der Waals surface area contributed by atoms with Crippen LogP contribution in [0.3, 0.4) is 0 Å². The van der Waals surface area contributed by atoms with Gasteiger partial charge in [-0.1, -0.05) is 12.1 Å². The third-order valence-corrected chi connectivity index (χ3v) is 5.22. The van der Waals surface area contributed by atoms with E-state index in [1.807, 2.05) is 19.1 Å². The van der Waals surface area contributed by atoms with Crippen molar-refractivity contribution >= 4 is 0 Å². The normalized spacial score (nSPS) is 20.9. The van der Waals surface area contributed by atoms with Crippen molar-refractivity contribution in [3.63, 3.8) is 0 Å². The molecular formula is C21H26O6. The Morgan fingerprint density at radius 3 is 2.44 bits per heavy atom. The molecule has 2 atom stereocenters. The van der Waals surface area contributed by atoms with Crippen molar-refractivity contribution in [3.05, 3.63) is 47.0 Å². The molecule has 0 aliphatic carbocycles. The van der Waals surface area contributed by atoms with E-state index in [9.17, 15) is 10.2 Å². The Labute approximate surface area is 158 Å². The topological polar surface area (TPSA) is 88.4 Å². The Hall–Kier alpha value is -2.44. The Bertz CT molecular complexity index is 819. The second-order valence-electron chi connectivity index (χ2n) is 7.01. The maximum atomic E-state index is 10.3. The van der Waals surface area contributed by atoms with Crippen molar-refractivity contribution in [2.45, 2.75) is 31.3 Å². The molecule has 27 heavy (non-hydrogen) atoms. The average Bonchev–Trinajstić information content (AvgIpc) is 2.99. The molecule has 3 N–H and O–H groups in total. The van der Waals surface area contributed by atoms with Crippen LogP contribution in [0.4, 0.5) is 0 Å². The Morgan fingerprint density at radius 1 is 1.07 bits per heavy atom. The van der Waals surface area contributed by atoms with Crippen LogP contribution in [0, 0.1) is 0 Å². The van der Waals surface area contributed by atoms with Gasteiger partial charge in [0.15, 0.2) is 23.0 Å². The van der Waals surface area contributed by atoms with E-state index in [0.29, 0.717) is 30.1 Å². The first kappa shape index (κ1) is 19.3. The highest BCUT2D eigenvalue weighted by atomic mass is 16.5. The fraction of sp³-hybridized carbons (Fsp3) is 0.429. The fourth-order valence-corrected chi connectivity index (χ4v) is 3.63. The van der Waals surface area contributed by atoms with E-state index in [4.69, 9.17) is 19.3 Å². The third kappa shape index (κ3) is 3.31. The minimum atomic E-state index is -0.695. The summed E-state index contributed by atoms with van der Waals surface area (Å²) in [4.78, 5) is 0. The summed E-state index contributed by atoms with van der Waals surface area (Å²) in [6.45, 7) is 1.93. The highest BCUT2D eigenvalue weighted by Gasteiger charge is 2.47. The maximum Gasteiger partial charge on any atom is 0.166 e. The molecule has 1 aliphatic heterocycles. The largest absolute Gasteiger partial charge is 0.504 e. The predicted molar refractivity (Wildman–Crippen MR) is 101 cm³/mol. The first-order valence-electron chi connectivity index (χ1n) is 8.95. The SMILES string of the molecule is COc1cc([C@@H]2Oc3c(OC)cc(CCCO)cc3[C@]2(C)CO)ccc1O. The van der Waals surface area contributed by atoms with Crippen LogP contribution in [-0.2, 0) is 11.8 Å². The number of aliphatic hydroxyl groups excluding tert-OH is 2. The predicted octanol–water partition coefficient (Wildman–Crippen LogP) is 2.72. The highest BCUT2D eigenvalue weighted by Crippen LogP contribution is 2.54. The molecule has 6 heteroatoms. The van der Waals surface area contributed by atoms with Gasteiger partial charge in [-0.15, -0.1) is 0 Å². The second-order valence-corrected chi connectivity index (χ2v) is 7.01. The number of methoxy groups -OCH3 is 2. The zero-order valence-electron chi connectivity index (χ0n) is 15.9. The van der Waals surface area contributed by atoms with Crippen LogP contribution in [0.1, 0.15) is 36.1 Å². The maximum absolute atomic E-state index is 10.3. The van der Waals surface area contributed by atoms with Crippen LogP contribution < -0.4 is 14.2 Å². The lowest BCUT2D eigenvalue weighted by Crippen LogP contribution is -2.32. The molecule has 2 aromatic carbocycles. The number of ether oxygens (including phenoxy) is 3. The lowest BCUT2D eigenvalue weighted by atomic mass is 9.76. The van der Waals surface area contributed by atoms with E-state index in [-0.39, 0.29) is 19.0 Å². The third-order valence-electron chi connectivity index (χ3n) is 5.22. The highest BCUT2D eigenvalue weighted by molar-refractivity contribution is 5.58. The molecule has 1 heterocycles. The van der Waals surface area contributed by atoms with Crippen LogP contribution in [0.25, 0.3) is 0 Å². The van der Waals surface area contributed by atoms with Gasteiger partial charge in [0, 0.05) is 12.2 Å². The van der Waals surface area contributed by atoms with Crippen molar-refractivity contribution in [2.24, 2.45) is 0 Å². The number of fused-ring (bicyclic) bond motifs is 1. The summed E-state index contributed by atoms with van der Waals surface area (Å²) in [6, 6.07) is 8.97. The van der Waals surface area contributed by atoms with E-state index in [0.717, 1.165) is 16.7 Å². The van der Waals surface area contributed by atoms with Crippen LogP contribution in [0.2, 0.25) is 0 Å². The molecule has 0 bridgehead atoms. The first-order valence-corrected chi connectivity index (χ1v) is 8.95. The van der Waals surface area contributed by atoms with Crippen LogP contribution >= 0.6 is 0 Å². The molecule has 0 unspecified atom stereocenters. The molecule has 3 rings (SSSR count). The first-order chi connectivity index (χ1) is 13.0. The molecule has 1 aliphatic rings. The number of hydrogen-bond acceptors (Lipinski definition) is 6. The lowest BCUT2D eigenvalue weighted by molar-refractivity contribution is 0.0982. The standard InChI is InChI=1S/C21H26O6/c1-21(12-23)15-9-13(5-4-8-22)10-18(26-3)19(15)27-20(21)14-6-7-16(24)17(11-14)25-2/h6-7,9-11,20,22-24H,4-5,8,12H2,1-3H3/t20-,21-/m0/s1. The van der Waals surface area contributed by atoms with Gasteiger partial charge in [0.05, 0.1) is 26.2 Å². The van der Waals surface area contributed by atoms with Gasteiger partial charge in [0.2, 0.25) is 0 Å². The molecule has 146 valence electrons. The lowest BCUT2D eigenvalue weighted by Gasteiger charge is -2.29. The zero-order chi connectivity index (χ0) is 19.6. The molecule has 0 saturated carbocycles. The molecule has 0 saturated heterocycles. The minimum absolute atomic E-state index is 0.0475. The summed E-state index contributed by atoms with van der Waals surface area (Å²) in [5, 5.41) is 29.3. The van der Waals surface area contributed by atoms with Gasteiger partial charge in [-0.3, -0.25) is 0 Å². The van der Waals surface area contributed by atoms with E-state index in [1.54, 1.807) is 25.3 Å². The number of phenolic OH excluding ortho intramolecular Hbond substituents is 1. The quantitative estimate of drug-likeness (QED) is 0.691. The van der Waals surface area contributed by atoms with Gasteiger partial charge in [-0.2, -0.15) is 0 Å². The number of benzene rings is 2. The summed E-state index contributed by atoms with van der Waals surface area (Å²) in [5.74, 6) is 1.61. The molecule has 0 fully saturated rings. The monoisotopic (exact) mass is 374 g/mol. The van der Waals surface area contributed by atoms with Gasteiger partial charge < -0.3 is 29.5 Å². The fourth-order valence-electron chi connectivity index (χ4n) is 3.63. The van der Waals surface area contributed by atoms with Gasteiger partial charge in [-0.25, -0.2) is 0 Å². The molecular weight excluding hydrogens is 348 g/mol. The van der Waals surface area contributed by atoms with Gasteiger partial charge in [-0.05, 0) is 49.1 Å². The van der Waals surface area contributed by atoms with E-state index < -0.39 is 11.5 Å². The van der Waals surface area contributed by atoms with Gasteiger partial charge >= 0.3 is 0 Å².